The number of aromatic nitrogens is 1. The molecule has 0 aromatic carbocycles. The Hall–Kier alpha value is -1.18. The first-order chi connectivity index (χ1) is 6.84. The summed E-state index contributed by atoms with van der Waals surface area (Å²) >= 11 is 0. The van der Waals surface area contributed by atoms with Gasteiger partial charge in [0.25, 0.3) is 0 Å². The van der Waals surface area contributed by atoms with Crippen molar-refractivity contribution in [3.05, 3.63) is 29.1 Å². The minimum Gasteiger partial charge on any atom is -0.292 e. The van der Waals surface area contributed by atoms with Crippen LogP contribution < -0.4 is 0 Å². The van der Waals surface area contributed by atoms with Gasteiger partial charge < -0.3 is 0 Å². The summed E-state index contributed by atoms with van der Waals surface area (Å²) < 4.78 is 0. The van der Waals surface area contributed by atoms with Gasteiger partial charge in [-0.2, -0.15) is 0 Å². The van der Waals surface area contributed by atoms with Gasteiger partial charge >= 0.3 is 0 Å². The fraction of sp³-hybridized carbons (Fsp3) is 0.500. The maximum Gasteiger partial charge on any atom is 0.184 e. The lowest BCUT2D eigenvalue weighted by Gasteiger charge is -2.01. The molecule has 14 heavy (non-hydrogen) atoms. The summed E-state index contributed by atoms with van der Waals surface area (Å²) in [5.41, 5.74) is 3.21. The van der Waals surface area contributed by atoms with Crippen LogP contribution in [-0.4, -0.2) is 10.8 Å². The van der Waals surface area contributed by atoms with Crippen molar-refractivity contribution in [1.82, 2.24) is 4.98 Å². The zero-order chi connectivity index (χ0) is 9.54. The van der Waals surface area contributed by atoms with E-state index in [1.165, 1.54) is 12.0 Å². The summed E-state index contributed by atoms with van der Waals surface area (Å²) in [7, 11) is 0. The van der Waals surface area contributed by atoms with E-state index < -0.39 is 0 Å². The Labute approximate surface area is 83.4 Å². The van der Waals surface area contributed by atoms with Gasteiger partial charge in [0.1, 0.15) is 5.69 Å². The van der Waals surface area contributed by atoms with E-state index in [4.69, 9.17) is 0 Å². The maximum absolute atomic E-state index is 11.7. The molecule has 0 spiro atoms. The quantitative estimate of drug-likeness (QED) is 0.664. The Balaban J connectivity index is 1.95. The molecule has 0 aliphatic heterocycles. The van der Waals surface area contributed by atoms with Gasteiger partial charge in [0.05, 0.1) is 0 Å². The molecule has 0 atom stereocenters. The molecule has 0 radical (unpaired) electrons. The zero-order valence-electron chi connectivity index (χ0n) is 8.12. The smallest absolute Gasteiger partial charge is 0.184 e. The van der Waals surface area contributed by atoms with Crippen LogP contribution in [0, 0.1) is 5.92 Å². The third-order valence-electron chi connectivity index (χ3n) is 3.13. The fourth-order valence-corrected chi connectivity index (χ4v) is 2.11. The van der Waals surface area contributed by atoms with E-state index in [1.807, 2.05) is 6.07 Å². The third-order valence-corrected chi connectivity index (χ3v) is 3.13. The molecule has 2 nitrogen and oxygen atoms in total. The monoisotopic (exact) mass is 187 g/mol. The van der Waals surface area contributed by atoms with Gasteiger partial charge in [-0.15, -0.1) is 0 Å². The normalized spacial score (nSPS) is 19.4. The number of ketones is 1. The van der Waals surface area contributed by atoms with Crippen LogP contribution >= 0.6 is 0 Å². The topological polar surface area (TPSA) is 30.0 Å². The number of Topliss-reactive ketones (excluding diaryl/α,β-unsaturated/α-hetero) is 1. The molecule has 1 aromatic heterocycles. The molecule has 3 rings (SSSR count). The maximum atomic E-state index is 11.7. The van der Waals surface area contributed by atoms with Crippen molar-refractivity contribution in [2.75, 3.05) is 0 Å². The van der Waals surface area contributed by atoms with Gasteiger partial charge in [-0.1, -0.05) is 6.07 Å². The summed E-state index contributed by atoms with van der Waals surface area (Å²) in [5, 5.41) is 0. The number of hydrogen-bond acceptors (Lipinski definition) is 2. The first kappa shape index (κ1) is 8.16. The molecule has 0 saturated heterocycles. The number of nitrogens with zero attached hydrogens (tertiary/aromatic N) is 1. The van der Waals surface area contributed by atoms with Gasteiger partial charge in [-0.05, 0) is 43.7 Å². The second-order valence-corrected chi connectivity index (χ2v) is 4.29. The Bertz CT molecular complexity index is 393. The van der Waals surface area contributed by atoms with Gasteiger partial charge in [0, 0.05) is 11.6 Å². The van der Waals surface area contributed by atoms with Gasteiger partial charge in [0.15, 0.2) is 5.78 Å². The number of rotatable bonds is 2. The summed E-state index contributed by atoms with van der Waals surface area (Å²) in [4.78, 5) is 16.2. The third kappa shape index (κ3) is 1.26. The average Bonchev–Trinajstić information content (AvgIpc) is 2.95. The van der Waals surface area contributed by atoms with E-state index in [0.29, 0.717) is 11.6 Å². The molecule has 2 heteroatoms. The molecule has 1 aromatic rings. The highest BCUT2D eigenvalue weighted by Crippen LogP contribution is 2.32. The number of carbonyl (C=O) groups excluding carboxylic acids is 1. The van der Waals surface area contributed by atoms with Crippen LogP contribution in [0.25, 0.3) is 0 Å². The van der Waals surface area contributed by atoms with Crippen molar-refractivity contribution in [1.29, 1.82) is 0 Å². The van der Waals surface area contributed by atoms with E-state index in [9.17, 15) is 4.79 Å². The number of aryl methyl sites for hydroxylation is 2. The summed E-state index contributed by atoms with van der Waals surface area (Å²) in [6, 6.07) is 4.00. The van der Waals surface area contributed by atoms with E-state index in [-0.39, 0.29) is 5.78 Å². The van der Waals surface area contributed by atoms with E-state index >= 15 is 0 Å². The molecule has 1 saturated carbocycles. The SMILES string of the molecule is O=C(c1ccc2c(n1)CCC2)C1CC1. The molecule has 1 fully saturated rings. The number of hydrogen-bond donors (Lipinski definition) is 0. The predicted octanol–water partition coefficient (Wildman–Crippen LogP) is 2.16. The molecule has 0 unspecified atom stereocenters. The van der Waals surface area contributed by atoms with Gasteiger partial charge in [0.2, 0.25) is 0 Å². The first-order valence-electron chi connectivity index (χ1n) is 5.37. The summed E-state index contributed by atoms with van der Waals surface area (Å²) in [6.07, 6.45) is 5.53. The molecular formula is C12H13NO. The lowest BCUT2D eigenvalue weighted by molar-refractivity contribution is 0.0962. The van der Waals surface area contributed by atoms with E-state index in [1.54, 1.807) is 0 Å². The van der Waals surface area contributed by atoms with Crippen LogP contribution in [0.3, 0.4) is 0 Å². The molecule has 0 amide bonds. The van der Waals surface area contributed by atoms with E-state index in [0.717, 1.165) is 31.4 Å². The Kier molecular flexibility index (Phi) is 1.69. The van der Waals surface area contributed by atoms with Crippen LogP contribution in [0.4, 0.5) is 0 Å². The number of carbonyl (C=O) groups is 1. The fourth-order valence-electron chi connectivity index (χ4n) is 2.11. The highest BCUT2D eigenvalue weighted by atomic mass is 16.1. The molecule has 1 heterocycles. The predicted molar refractivity (Wildman–Crippen MR) is 53.3 cm³/mol. The van der Waals surface area contributed by atoms with Crippen LogP contribution in [0.1, 0.15) is 41.0 Å². The van der Waals surface area contributed by atoms with Gasteiger partial charge in [-0.25, -0.2) is 4.98 Å². The van der Waals surface area contributed by atoms with Crippen molar-refractivity contribution in [2.45, 2.75) is 32.1 Å². The van der Waals surface area contributed by atoms with Crippen molar-refractivity contribution >= 4 is 5.78 Å². The molecular weight excluding hydrogens is 174 g/mol. The summed E-state index contributed by atoms with van der Waals surface area (Å²) in [6.45, 7) is 0. The molecule has 2 aliphatic rings. The summed E-state index contributed by atoms with van der Waals surface area (Å²) in [5.74, 6) is 0.557. The largest absolute Gasteiger partial charge is 0.292 e. The van der Waals surface area contributed by atoms with Gasteiger partial charge in [-0.3, -0.25) is 4.79 Å². The average molecular weight is 187 g/mol. The second kappa shape index (κ2) is 2.91. The second-order valence-electron chi connectivity index (χ2n) is 4.29. The standard InChI is InChI=1S/C12H13NO/c14-12(9-4-5-9)11-7-6-8-2-1-3-10(8)13-11/h6-7,9H,1-5H2. The molecule has 0 bridgehead atoms. The number of fused-ring (bicyclic) bond motifs is 1. The highest BCUT2D eigenvalue weighted by Gasteiger charge is 2.31. The van der Waals surface area contributed by atoms with Crippen LogP contribution in [0.5, 0.6) is 0 Å². The lowest BCUT2D eigenvalue weighted by Crippen LogP contribution is -2.05. The lowest BCUT2D eigenvalue weighted by atomic mass is 10.1. The Morgan fingerprint density at radius 2 is 2.14 bits per heavy atom. The zero-order valence-corrected chi connectivity index (χ0v) is 8.12. The first-order valence-corrected chi connectivity index (χ1v) is 5.37. The number of pyridine rings is 1. The molecule has 0 N–H and O–H groups in total. The van der Waals surface area contributed by atoms with Crippen molar-refractivity contribution < 1.29 is 4.79 Å². The highest BCUT2D eigenvalue weighted by molar-refractivity contribution is 5.97. The Morgan fingerprint density at radius 3 is 2.93 bits per heavy atom. The van der Waals surface area contributed by atoms with Crippen LogP contribution in [0.15, 0.2) is 12.1 Å². The van der Waals surface area contributed by atoms with Crippen LogP contribution in [0.2, 0.25) is 0 Å². The van der Waals surface area contributed by atoms with Crippen molar-refractivity contribution in [3.8, 4) is 0 Å². The van der Waals surface area contributed by atoms with Crippen molar-refractivity contribution in [3.63, 3.8) is 0 Å². The van der Waals surface area contributed by atoms with E-state index in [2.05, 4.69) is 11.1 Å². The van der Waals surface area contributed by atoms with Crippen molar-refractivity contribution in [2.24, 2.45) is 5.92 Å². The molecule has 72 valence electrons. The molecule has 2 aliphatic carbocycles. The van der Waals surface area contributed by atoms with Crippen LogP contribution in [-0.2, 0) is 12.8 Å². The minimum absolute atomic E-state index is 0.264. The Morgan fingerprint density at radius 1 is 1.29 bits per heavy atom. The minimum atomic E-state index is 0.264.